The lowest BCUT2D eigenvalue weighted by molar-refractivity contribution is 0.381. The van der Waals surface area contributed by atoms with E-state index in [0.29, 0.717) is 13.1 Å². The summed E-state index contributed by atoms with van der Waals surface area (Å²) >= 11 is 0. The van der Waals surface area contributed by atoms with Gasteiger partial charge in [0.1, 0.15) is 0 Å². The van der Waals surface area contributed by atoms with Crippen molar-refractivity contribution < 1.29 is 17.5 Å². The van der Waals surface area contributed by atoms with E-state index in [1.807, 2.05) is 36.4 Å². The maximum Gasteiger partial charge on any atom is 0.394 e. The summed E-state index contributed by atoms with van der Waals surface area (Å²) < 4.78 is 31.6. The predicted octanol–water partition coefficient (Wildman–Crippen LogP) is -0.943. The molecule has 0 radical (unpaired) electrons. The molecule has 0 saturated carbocycles. The summed E-state index contributed by atoms with van der Waals surface area (Å²) in [6.45, 7) is 0.895. The zero-order valence-corrected chi connectivity index (χ0v) is 15.1. The molecule has 0 aliphatic carbocycles. The lowest BCUT2D eigenvalue weighted by Crippen LogP contribution is -2.22. The Morgan fingerprint density at radius 2 is 1.15 bits per heavy atom. The third kappa shape index (κ3) is 18.9. The highest BCUT2D eigenvalue weighted by Crippen LogP contribution is 1.94. The average molecular weight is 398 g/mol. The van der Waals surface area contributed by atoms with Gasteiger partial charge in [-0.25, -0.2) is 9.98 Å². The quantitative estimate of drug-likeness (QED) is 0.210. The molecule has 2 aromatic rings. The molecule has 0 aromatic carbocycles. The van der Waals surface area contributed by atoms with Crippen LogP contribution in [0.25, 0.3) is 0 Å². The zero-order valence-electron chi connectivity index (χ0n) is 14.3. The number of aromatic nitrogens is 2. The fraction of sp³-hybridized carbons (Fsp3) is 0.143. The van der Waals surface area contributed by atoms with Gasteiger partial charge in [0.25, 0.3) is 0 Å². The van der Waals surface area contributed by atoms with Crippen LogP contribution in [-0.4, -0.2) is 39.4 Å². The fourth-order valence-corrected chi connectivity index (χ4v) is 1.33. The van der Waals surface area contributed by atoms with Crippen molar-refractivity contribution in [1.29, 1.82) is 0 Å². The van der Waals surface area contributed by atoms with Crippen LogP contribution in [0.4, 0.5) is 0 Å². The molecule has 0 saturated heterocycles. The third-order valence-corrected chi connectivity index (χ3v) is 2.30. The molecule has 0 aliphatic heterocycles. The number of hydrogen-bond acceptors (Lipinski definition) is 6. The Morgan fingerprint density at radius 1 is 0.815 bits per heavy atom. The smallest absolute Gasteiger partial charge is 0.370 e. The molecule has 0 unspecified atom stereocenters. The van der Waals surface area contributed by atoms with Gasteiger partial charge in [-0.1, -0.05) is 12.1 Å². The SMILES string of the molecule is NC(N)=NCc1ccccn1.NC(N)=NCc1ccccn1.O=S(=O)(O)O. The van der Waals surface area contributed by atoms with E-state index in [-0.39, 0.29) is 11.9 Å². The highest BCUT2D eigenvalue weighted by atomic mass is 32.3. The van der Waals surface area contributed by atoms with Crippen LogP contribution in [0.3, 0.4) is 0 Å². The van der Waals surface area contributed by atoms with Crippen LogP contribution in [0, 0.1) is 0 Å². The summed E-state index contributed by atoms with van der Waals surface area (Å²) in [6.07, 6.45) is 3.41. The first-order valence-electron chi connectivity index (χ1n) is 7.18. The third-order valence-electron chi connectivity index (χ3n) is 2.30. The highest BCUT2D eigenvalue weighted by Gasteiger charge is 1.89. The molecule has 0 amide bonds. The molecule has 12 nitrogen and oxygen atoms in total. The molecule has 13 heteroatoms. The van der Waals surface area contributed by atoms with Gasteiger partial charge in [0.15, 0.2) is 11.9 Å². The summed E-state index contributed by atoms with van der Waals surface area (Å²) in [4.78, 5) is 15.7. The molecule has 2 aromatic heterocycles. The Morgan fingerprint density at radius 3 is 1.37 bits per heavy atom. The second-order valence-electron chi connectivity index (χ2n) is 4.57. The van der Waals surface area contributed by atoms with Crippen LogP contribution in [-0.2, 0) is 23.5 Å². The monoisotopic (exact) mass is 398 g/mol. The number of pyridine rings is 2. The van der Waals surface area contributed by atoms with E-state index in [9.17, 15) is 0 Å². The lowest BCUT2D eigenvalue weighted by Gasteiger charge is -1.93. The van der Waals surface area contributed by atoms with Crippen LogP contribution in [0.1, 0.15) is 11.4 Å². The second-order valence-corrected chi connectivity index (χ2v) is 5.47. The van der Waals surface area contributed by atoms with Gasteiger partial charge in [0, 0.05) is 12.4 Å². The summed E-state index contributed by atoms with van der Waals surface area (Å²) in [7, 11) is -4.67. The first kappa shape index (κ1) is 23.7. The van der Waals surface area contributed by atoms with Crippen molar-refractivity contribution in [3.05, 3.63) is 60.2 Å². The van der Waals surface area contributed by atoms with E-state index in [4.69, 9.17) is 40.5 Å². The number of guanidine groups is 2. The highest BCUT2D eigenvalue weighted by molar-refractivity contribution is 7.79. The molecule has 0 spiro atoms. The minimum Gasteiger partial charge on any atom is -0.370 e. The molecule has 2 heterocycles. The molecule has 0 aliphatic rings. The number of hydrogen-bond donors (Lipinski definition) is 6. The molecule has 2 rings (SSSR count). The standard InChI is InChI=1S/2C7H10N4.H2O4S/c2*8-7(9)11-5-6-3-1-2-4-10-6;1-5(2,3)4/h2*1-4H,5H2,(H4,8,9,11);(H2,1,2,3,4). The van der Waals surface area contributed by atoms with E-state index < -0.39 is 10.4 Å². The van der Waals surface area contributed by atoms with Gasteiger partial charge in [0.05, 0.1) is 24.5 Å². The van der Waals surface area contributed by atoms with E-state index in [2.05, 4.69) is 20.0 Å². The van der Waals surface area contributed by atoms with Gasteiger partial charge in [-0.2, -0.15) is 8.42 Å². The van der Waals surface area contributed by atoms with Gasteiger partial charge in [-0.05, 0) is 24.3 Å². The lowest BCUT2D eigenvalue weighted by atomic mass is 10.3. The molecule has 0 fully saturated rings. The fourth-order valence-electron chi connectivity index (χ4n) is 1.33. The normalized spacial score (nSPS) is 9.56. The largest absolute Gasteiger partial charge is 0.394 e. The summed E-state index contributed by atoms with van der Waals surface area (Å²) in [5, 5.41) is 0. The Labute approximate surface area is 156 Å². The second kappa shape index (κ2) is 13.0. The maximum absolute atomic E-state index is 8.74. The Bertz CT molecular complexity index is 742. The minimum atomic E-state index is -4.67. The summed E-state index contributed by atoms with van der Waals surface area (Å²) in [5.41, 5.74) is 22.3. The van der Waals surface area contributed by atoms with E-state index in [1.54, 1.807) is 12.4 Å². The minimum absolute atomic E-state index is 0.0932. The summed E-state index contributed by atoms with van der Waals surface area (Å²) in [5.74, 6) is 0.186. The van der Waals surface area contributed by atoms with Gasteiger partial charge in [-0.15, -0.1) is 0 Å². The van der Waals surface area contributed by atoms with Gasteiger partial charge >= 0.3 is 10.4 Å². The van der Waals surface area contributed by atoms with Crippen LogP contribution >= 0.6 is 0 Å². The van der Waals surface area contributed by atoms with Crippen LogP contribution in [0.5, 0.6) is 0 Å². The molecule has 0 atom stereocenters. The van der Waals surface area contributed by atoms with E-state index in [1.165, 1.54) is 0 Å². The number of nitrogens with two attached hydrogens (primary N) is 4. The average Bonchev–Trinajstić information content (AvgIpc) is 2.59. The molecular weight excluding hydrogens is 376 g/mol. The molecule has 148 valence electrons. The summed E-state index contributed by atoms with van der Waals surface area (Å²) in [6, 6.07) is 11.2. The van der Waals surface area contributed by atoms with E-state index >= 15 is 0 Å². The van der Waals surface area contributed by atoms with Gasteiger partial charge < -0.3 is 22.9 Å². The van der Waals surface area contributed by atoms with Gasteiger partial charge in [0.2, 0.25) is 0 Å². The van der Waals surface area contributed by atoms with E-state index in [0.717, 1.165) is 11.4 Å². The van der Waals surface area contributed by atoms with Crippen molar-refractivity contribution in [2.24, 2.45) is 32.9 Å². The van der Waals surface area contributed by atoms with Crippen molar-refractivity contribution in [3.8, 4) is 0 Å². The first-order chi connectivity index (χ1) is 12.6. The first-order valence-corrected chi connectivity index (χ1v) is 8.58. The van der Waals surface area contributed by atoms with Crippen molar-refractivity contribution in [3.63, 3.8) is 0 Å². The van der Waals surface area contributed by atoms with Crippen LogP contribution < -0.4 is 22.9 Å². The Hall–Kier alpha value is -3.29. The molecular formula is C14H22N8O4S. The topological polar surface area (TPSA) is 229 Å². The molecule has 27 heavy (non-hydrogen) atoms. The van der Waals surface area contributed by atoms with Crippen molar-refractivity contribution in [1.82, 2.24) is 9.97 Å². The Balaban J connectivity index is 0.000000405. The van der Waals surface area contributed by atoms with Crippen molar-refractivity contribution in [2.75, 3.05) is 0 Å². The maximum atomic E-state index is 8.74. The Kier molecular flexibility index (Phi) is 11.4. The number of nitrogens with zero attached hydrogens (tertiary/aromatic N) is 4. The predicted molar refractivity (Wildman–Crippen MR) is 102 cm³/mol. The zero-order chi connectivity index (χ0) is 20.7. The number of aliphatic imine (C=N–C) groups is 2. The van der Waals surface area contributed by atoms with Crippen molar-refractivity contribution in [2.45, 2.75) is 13.1 Å². The van der Waals surface area contributed by atoms with Crippen molar-refractivity contribution >= 4 is 22.3 Å². The van der Waals surface area contributed by atoms with Crippen LogP contribution in [0.2, 0.25) is 0 Å². The molecule has 0 bridgehead atoms. The molecule has 10 N–H and O–H groups in total. The number of rotatable bonds is 4. The van der Waals surface area contributed by atoms with Gasteiger partial charge in [-0.3, -0.25) is 19.1 Å². The van der Waals surface area contributed by atoms with Crippen LogP contribution in [0.15, 0.2) is 58.8 Å².